The highest BCUT2D eigenvalue weighted by molar-refractivity contribution is 5.78. The minimum Gasteiger partial charge on any atom is -0.461 e. The predicted molar refractivity (Wildman–Crippen MR) is 66.5 cm³/mol. The van der Waals surface area contributed by atoms with Crippen molar-refractivity contribution in [3.8, 4) is 0 Å². The third kappa shape index (κ3) is 2.50. The van der Waals surface area contributed by atoms with E-state index in [1.165, 1.54) is 5.56 Å². The Kier molecular flexibility index (Phi) is 3.48. The lowest BCUT2D eigenvalue weighted by Gasteiger charge is -2.20. The van der Waals surface area contributed by atoms with E-state index in [4.69, 9.17) is 4.74 Å². The number of hydrogen-bond acceptors (Lipinski definition) is 3. The third-order valence-corrected chi connectivity index (χ3v) is 3.55. The molecule has 1 saturated heterocycles. The van der Waals surface area contributed by atoms with E-state index in [2.05, 4.69) is 24.4 Å². The Morgan fingerprint density at radius 2 is 1.88 bits per heavy atom. The van der Waals surface area contributed by atoms with Crippen LogP contribution in [0.5, 0.6) is 0 Å². The first-order valence-electron chi connectivity index (χ1n) is 6.11. The van der Waals surface area contributed by atoms with Crippen LogP contribution in [-0.2, 0) is 9.53 Å². The fourth-order valence-electron chi connectivity index (χ4n) is 2.18. The summed E-state index contributed by atoms with van der Waals surface area (Å²) in [5, 5.41) is 3.35. The zero-order valence-corrected chi connectivity index (χ0v) is 10.5. The van der Waals surface area contributed by atoms with Crippen molar-refractivity contribution in [3.63, 3.8) is 0 Å². The van der Waals surface area contributed by atoms with Crippen LogP contribution in [0.3, 0.4) is 0 Å². The van der Waals surface area contributed by atoms with Gasteiger partial charge in [0.05, 0.1) is 0 Å². The zero-order chi connectivity index (χ0) is 12.4. The van der Waals surface area contributed by atoms with Crippen LogP contribution in [-0.4, -0.2) is 18.1 Å². The van der Waals surface area contributed by atoms with Crippen LogP contribution in [0.1, 0.15) is 32.4 Å². The van der Waals surface area contributed by atoms with Crippen molar-refractivity contribution in [2.45, 2.75) is 39.0 Å². The monoisotopic (exact) mass is 233 g/mol. The minimum atomic E-state index is -0.194. The molecule has 0 bridgehead atoms. The summed E-state index contributed by atoms with van der Waals surface area (Å²) in [6.45, 7) is 6.06. The maximum absolute atomic E-state index is 11.7. The molecule has 1 heterocycles. The zero-order valence-electron chi connectivity index (χ0n) is 10.5. The molecule has 1 aliphatic heterocycles. The quantitative estimate of drug-likeness (QED) is 0.814. The predicted octanol–water partition coefficient (Wildman–Crippen LogP) is 2.29. The average Bonchev–Trinajstić information content (AvgIpc) is 2.57. The van der Waals surface area contributed by atoms with Crippen molar-refractivity contribution in [2.75, 3.05) is 0 Å². The van der Waals surface area contributed by atoms with Crippen LogP contribution >= 0.6 is 0 Å². The van der Waals surface area contributed by atoms with Crippen LogP contribution < -0.4 is 5.32 Å². The highest BCUT2D eigenvalue weighted by Gasteiger charge is 2.39. The van der Waals surface area contributed by atoms with E-state index in [-0.39, 0.29) is 30.1 Å². The number of ether oxygens (including phenoxy) is 1. The van der Waals surface area contributed by atoms with E-state index in [0.717, 1.165) is 0 Å². The topological polar surface area (TPSA) is 38.3 Å². The first-order chi connectivity index (χ1) is 8.09. The van der Waals surface area contributed by atoms with Crippen LogP contribution in [0, 0.1) is 5.92 Å². The van der Waals surface area contributed by atoms with Crippen LogP contribution in [0.4, 0.5) is 0 Å². The number of hydrogen-bond donors (Lipinski definition) is 1. The lowest BCUT2D eigenvalue weighted by Crippen LogP contribution is -2.39. The van der Waals surface area contributed by atoms with E-state index in [0.29, 0.717) is 0 Å². The molecule has 1 aliphatic rings. The summed E-state index contributed by atoms with van der Waals surface area (Å²) >= 11 is 0. The first kappa shape index (κ1) is 12.1. The van der Waals surface area contributed by atoms with Gasteiger partial charge in [-0.05, 0) is 19.4 Å². The second kappa shape index (κ2) is 4.88. The molecular formula is C14H19NO2. The molecule has 0 amide bonds. The Bertz CT molecular complexity index is 390. The van der Waals surface area contributed by atoms with Gasteiger partial charge in [-0.2, -0.15) is 0 Å². The van der Waals surface area contributed by atoms with Crippen molar-refractivity contribution in [1.29, 1.82) is 0 Å². The molecule has 2 rings (SSSR count). The van der Waals surface area contributed by atoms with E-state index in [1.54, 1.807) is 0 Å². The van der Waals surface area contributed by atoms with E-state index < -0.39 is 0 Å². The Labute approximate surface area is 102 Å². The smallest absolute Gasteiger partial charge is 0.323 e. The highest BCUT2D eigenvalue weighted by Crippen LogP contribution is 2.24. The second-order valence-corrected chi connectivity index (χ2v) is 4.78. The van der Waals surface area contributed by atoms with Gasteiger partial charge in [0.25, 0.3) is 0 Å². The molecule has 0 aromatic heterocycles. The molecule has 0 saturated carbocycles. The summed E-state index contributed by atoms with van der Waals surface area (Å²) in [4.78, 5) is 11.7. The lowest BCUT2D eigenvalue weighted by atomic mass is 9.98. The SMILES string of the molecule is C[C@H]1[C@H](C)OC(=O)[C@@H]1N[C@@H](C)c1ccccc1. The molecule has 0 unspecified atom stereocenters. The van der Waals surface area contributed by atoms with Crippen molar-refractivity contribution >= 4 is 5.97 Å². The van der Waals surface area contributed by atoms with Gasteiger partial charge in [-0.3, -0.25) is 10.1 Å². The van der Waals surface area contributed by atoms with Crippen molar-refractivity contribution in [2.24, 2.45) is 5.92 Å². The minimum absolute atomic E-state index is 0.00275. The van der Waals surface area contributed by atoms with Crippen LogP contribution in [0.15, 0.2) is 30.3 Å². The molecule has 0 radical (unpaired) electrons. The van der Waals surface area contributed by atoms with Crippen LogP contribution in [0.25, 0.3) is 0 Å². The highest BCUT2D eigenvalue weighted by atomic mass is 16.6. The molecule has 17 heavy (non-hydrogen) atoms. The number of carbonyl (C=O) groups is 1. The molecule has 3 heteroatoms. The first-order valence-corrected chi connectivity index (χ1v) is 6.11. The standard InChI is InChI=1S/C14H19NO2/c1-9-11(3)17-14(16)13(9)15-10(2)12-7-5-4-6-8-12/h4-11,13,15H,1-3H3/t9-,10-,11-,13+/m0/s1. The maximum Gasteiger partial charge on any atom is 0.323 e. The van der Waals surface area contributed by atoms with Gasteiger partial charge >= 0.3 is 5.97 Å². The molecular weight excluding hydrogens is 214 g/mol. The molecule has 4 atom stereocenters. The Morgan fingerprint density at radius 1 is 1.24 bits per heavy atom. The Morgan fingerprint density at radius 3 is 2.41 bits per heavy atom. The van der Waals surface area contributed by atoms with Gasteiger partial charge in [-0.15, -0.1) is 0 Å². The van der Waals surface area contributed by atoms with Gasteiger partial charge in [0.2, 0.25) is 0 Å². The number of nitrogens with one attached hydrogen (secondary N) is 1. The molecule has 1 aromatic rings. The summed E-state index contributed by atoms with van der Waals surface area (Å²) in [5.74, 6) is 0.0847. The Hall–Kier alpha value is -1.35. The summed E-state index contributed by atoms with van der Waals surface area (Å²) in [5.41, 5.74) is 1.19. The van der Waals surface area contributed by atoms with E-state index >= 15 is 0 Å². The molecule has 1 aromatic carbocycles. The Balaban J connectivity index is 2.04. The van der Waals surface area contributed by atoms with Crippen LogP contribution in [0.2, 0.25) is 0 Å². The molecule has 3 nitrogen and oxygen atoms in total. The third-order valence-electron chi connectivity index (χ3n) is 3.55. The number of rotatable bonds is 3. The largest absolute Gasteiger partial charge is 0.461 e. The summed E-state index contributed by atoms with van der Waals surface area (Å²) in [6, 6.07) is 10.1. The summed E-state index contributed by atoms with van der Waals surface area (Å²) < 4.78 is 5.22. The van der Waals surface area contributed by atoms with Crippen molar-refractivity contribution in [1.82, 2.24) is 5.32 Å². The summed E-state index contributed by atoms with van der Waals surface area (Å²) in [7, 11) is 0. The average molecular weight is 233 g/mol. The van der Waals surface area contributed by atoms with Crippen molar-refractivity contribution < 1.29 is 9.53 Å². The lowest BCUT2D eigenvalue weighted by molar-refractivity contribution is -0.142. The van der Waals surface area contributed by atoms with Crippen molar-refractivity contribution in [3.05, 3.63) is 35.9 Å². The molecule has 92 valence electrons. The van der Waals surface area contributed by atoms with E-state index in [9.17, 15) is 4.79 Å². The number of benzene rings is 1. The number of cyclic esters (lactones) is 1. The normalized spacial score (nSPS) is 30.1. The second-order valence-electron chi connectivity index (χ2n) is 4.78. The van der Waals surface area contributed by atoms with Gasteiger partial charge in [0.1, 0.15) is 12.1 Å². The van der Waals surface area contributed by atoms with Gasteiger partial charge in [0, 0.05) is 12.0 Å². The van der Waals surface area contributed by atoms with E-state index in [1.807, 2.05) is 32.0 Å². The maximum atomic E-state index is 11.7. The molecule has 1 fully saturated rings. The summed E-state index contributed by atoms with van der Waals surface area (Å²) in [6.07, 6.45) is 0.00275. The van der Waals surface area contributed by atoms with Gasteiger partial charge < -0.3 is 4.74 Å². The number of esters is 1. The van der Waals surface area contributed by atoms with Gasteiger partial charge in [-0.1, -0.05) is 37.3 Å². The fourth-order valence-corrected chi connectivity index (χ4v) is 2.18. The molecule has 0 spiro atoms. The molecule has 1 N–H and O–H groups in total. The number of carbonyl (C=O) groups excluding carboxylic acids is 1. The van der Waals surface area contributed by atoms with Gasteiger partial charge in [-0.25, -0.2) is 0 Å². The van der Waals surface area contributed by atoms with Gasteiger partial charge in [0.15, 0.2) is 0 Å². The fraction of sp³-hybridized carbons (Fsp3) is 0.500. The molecule has 0 aliphatic carbocycles.